The van der Waals surface area contributed by atoms with Crippen molar-refractivity contribution in [2.24, 2.45) is 0 Å². The standard InChI is InChI=1S/C13H27N3/c1-11-5-6-12(9-14-11)16-8-7-15(4)13(2,3)10-16/h11-12,14H,5-10H2,1-4H3. The van der Waals surface area contributed by atoms with Gasteiger partial charge in [-0.2, -0.15) is 0 Å². The number of hydrogen-bond donors (Lipinski definition) is 1. The Bertz CT molecular complexity index is 231. The first-order valence-corrected chi connectivity index (χ1v) is 6.68. The predicted octanol–water partition coefficient (Wildman–Crippen LogP) is 1.15. The molecule has 0 aliphatic carbocycles. The van der Waals surface area contributed by atoms with E-state index in [0.29, 0.717) is 5.54 Å². The third kappa shape index (κ3) is 2.58. The number of nitrogens with one attached hydrogen (secondary N) is 1. The van der Waals surface area contributed by atoms with E-state index in [4.69, 9.17) is 0 Å². The fourth-order valence-corrected chi connectivity index (χ4v) is 2.88. The highest BCUT2D eigenvalue weighted by Gasteiger charge is 2.34. The average Bonchev–Trinajstić information content (AvgIpc) is 2.23. The lowest BCUT2D eigenvalue weighted by atomic mass is 9.94. The van der Waals surface area contributed by atoms with Crippen LogP contribution in [0.25, 0.3) is 0 Å². The summed E-state index contributed by atoms with van der Waals surface area (Å²) in [7, 11) is 2.25. The summed E-state index contributed by atoms with van der Waals surface area (Å²) in [4.78, 5) is 5.18. The van der Waals surface area contributed by atoms with Crippen LogP contribution in [-0.2, 0) is 0 Å². The molecule has 2 fully saturated rings. The third-order valence-corrected chi connectivity index (χ3v) is 4.50. The van der Waals surface area contributed by atoms with Crippen molar-refractivity contribution in [3.05, 3.63) is 0 Å². The van der Waals surface area contributed by atoms with Crippen LogP contribution < -0.4 is 5.32 Å². The summed E-state index contributed by atoms with van der Waals surface area (Å²) >= 11 is 0. The Hall–Kier alpha value is -0.120. The number of likely N-dealkylation sites (N-methyl/N-ethyl adjacent to an activating group) is 1. The Morgan fingerprint density at radius 3 is 2.50 bits per heavy atom. The Labute approximate surface area is 100 Å². The van der Waals surface area contributed by atoms with Gasteiger partial charge in [-0.05, 0) is 40.7 Å². The summed E-state index contributed by atoms with van der Waals surface area (Å²) in [5, 5.41) is 3.61. The van der Waals surface area contributed by atoms with E-state index in [9.17, 15) is 0 Å². The van der Waals surface area contributed by atoms with Crippen molar-refractivity contribution in [3.63, 3.8) is 0 Å². The van der Waals surface area contributed by atoms with Crippen LogP contribution in [0, 0.1) is 0 Å². The van der Waals surface area contributed by atoms with Crippen molar-refractivity contribution in [2.75, 3.05) is 33.2 Å². The Kier molecular flexibility index (Phi) is 3.57. The Morgan fingerprint density at radius 2 is 1.94 bits per heavy atom. The highest BCUT2D eigenvalue weighted by atomic mass is 15.3. The first-order valence-electron chi connectivity index (χ1n) is 6.68. The molecule has 0 aromatic heterocycles. The summed E-state index contributed by atoms with van der Waals surface area (Å²) in [6.07, 6.45) is 2.70. The molecular weight excluding hydrogens is 198 g/mol. The zero-order chi connectivity index (χ0) is 11.8. The second-order valence-corrected chi connectivity index (χ2v) is 6.24. The molecule has 0 spiro atoms. The van der Waals surface area contributed by atoms with E-state index in [-0.39, 0.29) is 0 Å². The van der Waals surface area contributed by atoms with Crippen molar-refractivity contribution in [2.45, 2.75) is 51.2 Å². The fraction of sp³-hybridized carbons (Fsp3) is 1.00. The first kappa shape index (κ1) is 12.3. The van der Waals surface area contributed by atoms with Gasteiger partial charge in [-0.1, -0.05) is 0 Å². The number of hydrogen-bond acceptors (Lipinski definition) is 3. The minimum atomic E-state index is 0.335. The summed E-state index contributed by atoms with van der Waals surface area (Å²) in [5.74, 6) is 0. The smallest absolute Gasteiger partial charge is 0.0277 e. The van der Waals surface area contributed by atoms with Gasteiger partial charge < -0.3 is 5.32 Å². The number of rotatable bonds is 1. The second kappa shape index (κ2) is 4.63. The van der Waals surface area contributed by atoms with E-state index in [1.165, 1.54) is 39.0 Å². The van der Waals surface area contributed by atoms with E-state index >= 15 is 0 Å². The molecule has 2 aliphatic rings. The van der Waals surface area contributed by atoms with Crippen LogP contribution in [0.5, 0.6) is 0 Å². The molecule has 2 rings (SSSR count). The van der Waals surface area contributed by atoms with Crippen LogP contribution in [-0.4, -0.2) is 60.6 Å². The zero-order valence-corrected chi connectivity index (χ0v) is 11.3. The SMILES string of the molecule is CC1CCC(N2CCN(C)C(C)(C)C2)CN1. The monoisotopic (exact) mass is 225 g/mol. The topological polar surface area (TPSA) is 18.5 Å². The molecule has 0 radical (unpaired) electrons. The molecule has 3 heteroatoms. The van der Waals surface area contributed by atoms with Gasteiger partial charge in [0, 0.05) is 43.8 Å². The van der Waals surface area contributed by atoms with Gasteiger partial charge in [-0.3, -0.25) is 9.80 Å². The minimum Gasteiger partial charge on any atom is -0.313 e. The van der Waals surface area contributed by atoms with Crippen LogP contribution in [0.1, 0.15) is 33.6 Å². The van der Waals surface area contributed by atoms with Gasteiger partial charge >= 0.3 is 0 Å². The fourth-order valence-electron chi connectivity index (χ4n) is 2.88. The second-order valence-electron chi connectivity index (χ2n) is 6.24. The van der Waals surface area contributed by atoms with Crippen molar-refractivity contribution in [3.8, 4) is 0 Å². The Balaban J connectivity index is 1.91. The van der Waals surface area contributed by atoms with Gasteiger partial charge in [0.2, 0.25) is 0 Å². The van der Waals surface area contributed by atoms with Crippen molar-refractivity contribution in [1.29, 1.82) is 0 Å². The summed E-state index contributed by atoms with van der Waals surface area (Å²) in [6.45, 7) is 11.9. The summed E-state index contributed by atoms with van der Waals surface area (Å²) in [5.41, 5.74) is 0.335. The van der Waals surface area contributed by atoms with Crippen molar-refractivity contribution < 1.29 is 0 Å². The molecule has 2 saturated heterocycles. The van der Waals surface area contributed by atoms with Gasteiger partial charge in [0.15, 0.2) is 0 Å². The van der Waals surface area contributed by atoms with Gasteiger partial charge in [0.1, 0.15) is 0 Å². The minimum absolute atomic E-state index is 0.335. The number of piperidine rings is 1. The number of nitrogens with zero attached hydrogens (tertiary/aromatic N) is 2. The van der Waals surface area contributed by atoms with E-state index in [1.807, 2.05) is 0 Å². The van der Waals surface area contributed by atoms with E-state index in [0.717, 1.165) is 12.1 Å². The maximum Gasteiger partial charge on any atom is 0.0277 e. The van der Waals surface area contributed by atoms with Crippen LogP contribution in [0.3, 0.4) is 0 Å². The van der Waals surface area contributed by atoms with Crippen LogP contribution in [0.2, 0.25) is 0 Å². The van der Waals surface area contributed by atoms with Crippen LogP contribution in [0.15, 0.2) is 0 Å². The molecule has 0 aromatic rings. The predicted molar refractivity (Wildman–Crippen MR) is 68.8 cm³/mol. The molecule has 3 nitrogen and oxygen atoms in total. The van der Waals surface area contributed by atoms with Gasteiger partial charge in [-0.15, -0.1) is 0 Å². The molecule has 2 atom stereocenters. The highest BCUT2D eigenvalue weighted by Crippen LogP contribution is 2.23. The summed E-state index contributed by atoms with van der Waals surface area (Å²) < 4.78 is 0. The molecule has 16 heavy (non-hydrogen) atoms. The zero-order valence-electron chi connectivity index (χ0n) is 11.3. The van der Waals surface area contributed by atoms with E-state index in [1.54, 1.807) is 0 Å². The molecule has 0 bridgehead atoms. The Morgan fingerprint density at radius 1 is 1.19 bits per heavy atom. The van der Waals surface area contributed by atoms with Gasteiger partial charge in [-0.25, -0.2) is 0 Å². The first-order chi connectivity index (χ1) is 7.49. The van der Waals surface area contributed by atoms with E-state index in [2.05, 4.69) is 42.9 Å². The molecule has 0 aromatic carbocycles. The average molecular weight is 225 g/mol. The highest BCUT2D eigenvalue weighted by molar-refractivity contribution is 4.92. The normalized spacial score (nSPS) is 37.5. The van der Waals surface area contributed by atoms with E-state index < -0.39 is 0 Å². The molecule has 2 unspecified atom stereocenters. The molecule has 2 heterocycles. The lowest BCUT2D eigenvalue weighted by Gasteiger charge is -2.49. The molecule has 2 aliphatic heterocycles. The largest absolute Gasteiger partial charge is 0.313 e. The molecule has 1 N–H and O–H groups in total. The molecule has 94 valence electrons. The van der Waals surface area contributed by atoms with Crippen molar-refractivity contribution in [1.82, 2.24) is 15.1 Å². The van der Waals surface area contributed by atoms with Crippen LogP contribution >= 0.6 is 0 Å². The van der Waals surface area contributed by atoms with Crippen molar-refractivity contribution >= 4 is 0 Å². The summed E-state index contributed by atoms with van der Waals surface area (Å²) in [6, 6.07) is 1.49. The third-order valence-electron chi connectivity index (χ3n) is 4.50. The maximum absolute atomic E-state index is 3.61. The van der Waals surface area contributed by atoms with Crippen LogP contribution in [0.4, 0.5) is 0 Å². The molecule has 0 amide bonds. The quantitative estimate of drug-likeness (QED) is 0.722. The molecular formula is C13H27N3. The van der Waals surface area contributed by atoms with Gasteiger partial charge in [0.05, 0.1) is 0 Å². The lowest BCUT2D eigenvalue weighted by Crippen LogP contribution is -2.62. The number of piperazine rings is 1. The molecule has 0 saturated carbocycles. The van der Waals surface area contributed by atoms with Gasteiger partial charge in [0.25, 0.3) is 0 Å². The lowest BCUT2D eigenvalue weighted by molar-refractivity contribution is 0.00906. The maximum atomic E-state index is 3.61.